The van der Waals surface area contributed by atoms with Crippen LogP contribution in [0.5, 0.6) is 17.2 Å². The van der Waals surface area contributed by atoms with Crippen molar-refractivity contribution in [2.24, 2.45) is 7.05 Å². The zero-order valence-electron chi connectivity index (χ0n) is 19.2. The van der Waals surface area contributed by atoms with Crippen LogP contribution in [0.1, 0.15) is 35.7 Å². The van der Waals surface area contributed by atoms with Gasteiger partial charge in [-0.2, -0.15) is 0 Å². The molecule has 1 unspecified atom stereocenters. The fourth-order valence-electron chi connectivity index (χ4n) is 3.71. The number of ether oxygens (including phenoxy) is 3. The fourth-order valence-corrected chi connectivity index (χ4v) is 5.55. The zero-order valence-corrected chi connectivity index (χ0v) is 21.6. The number of nitrogens with zero attached hydrogens (tertiary/aromatic N) is 4. The van der Waals surface area contributed by atoms with E-state index >= 15 is 0 Å². The molecule has 34 heavy (non-hydrogen) atoms. The molecule has 0 aliphatic carbocycles. The highest BCUT2D eigenvalue weighted by atomic mass is 35.5. The Hall–Kier alpha value is -2.75. The molecule has 1 aliphatic rings. The number of aryl methyl sites for hydroxylation is 2. The van der Waals surface area contributed by atoms with E-state index in [1.165, 1.54) is 0 Å². The maximum absolute atomic E-state index is 6.28. The summed E-state index contributed by atoms with van der Waals surface area (Å²) in [6.07, 6.45) is -0.260. The lowest BCUT2D eigenvalue weighted by Gasteiger charge is -2.16. The van der Waals surface area contributed by atoms with Crippen molar-refractivity contribution in [3.8, 4) is 27.8 Å². The number of halogens is 1. The average molecular weight is 515 g/mol. The number of aromatic nitrogens is 4. The minimum atomic E-state index is -0.260. The highest BCUT2D eigenvalue weighted by Crippen LogP contribution is 2.37. The van der Waals surface area contributed by atoms with Crippen molar-refractivity contribution in [1.82, 2.24) is 19.7 Å². The van der Waals surface area contributed by atoms with Gasteiger partial charge in [-0.1, -0.05) is 23.4 Å². The number of hydrogen-bond acceptors (Lipinski definition) is 8. The number of thioether (sulfide) groups is 1. The third-order valence-electron chi connectivity index (χ3n) is 5.48. The fraction of sp³-hybridized carbons (Fsp3) is 0.292. The van der Waals surface area contributed by atoms with Crippen LogP contribution in [0.3, 0.4) is 0 Å². The van der Waals surface area contributed by atoms with E-state index in [9.17, 15) is 0 Å². The maximum Gasteiger partial charge on any atom is 0.231 e. The van der Waals surface area contributed by atoms with Gasteiger partial charge in [0.25, 0.3) is 0 Å². The predicted molar refractivity (Wildman–Crippen MR) is 134 cm³/mol. The summed E-state index contributed by atoms with van der Waals surface area (Å²) in [4.78, 5) is 4.78. The van der Waals surface area contributed by atoms with Gasteiger partial charge < -0.3 is 18.8 Å². The van der Waals surface area contributed by atoms with Crippen molar-refractivity contribution >= 4 is 34.7 Å². The van der Waals surface area contributed by atoms with Crippen LogP contribution in [0.4, 0.5) is 0 Å². The Balaban J connectivity index is 1.24. The van der Waals surface area contributed by atoms with E-state index < -0.39 is 0 Å². The summed E-state index contributed by atoms with van der Waals surface area (Å²) in [6.45, 7) is 6.18. The summed E-state index contributed by atoms with van der Waals surface area (Å²) in [5.41, 5.74) is 3.98. The quantitative estimate of drug-likeness (QED) is 0.265. The third kappa shape index (κ3) is 4.60. The smallest absolute Gasteiger partial charge is 0.231 e. The van der Waals surface area contributed by atoms with Gasteiger partial charge in [0.05, 0.1) is 5.69 Å². The van der Waals surface area contributed by atoms with Crippen molar-refractivity contribution in [2.75, 3.05) is 6.79 Å². The molecule has 176 valence electrons. The van der Waals surface area contributed by atoms with Crippen molar-refractivity contribution in [1.29, 1.82) is 0 Å². The highest BCUT2D eigenvalue weighted by molar-refractivity contribution is 7.98. The Bertz CT molecular complexity index is 1330. The number of hydrogen-bond donors (Lipinski definition) is 0. The lowest BCUT2D eigenvalue weighted by Crippen LogP contribution is -2.10. The van der Waals surface area contributed by atoms with Gasteiger partial charge in [-0.3, -0.25) is 0 Å². The molecule has 0 saturated carbocycles. The molecule has 7 nitrogen and oxygen atoms in total. The molecule has 0 bridgehead atoms. The maximum atomic E-state index is 6.28. The van der Waals surface area contributed by atoms with Crippen LogP contribution in [-0.2, 0) is 12.8 Å². The molecule has 0 fully saturated rings. The van der Waals surface area contributed by atoms with E-state index in [2.05, 4.69) is 15.6 Å². The van der Waals surface area contributed by atoms with E-state index in [1.54, 1.807) is 23.1 Å². The van der Waals surface area contributed by atoms with E-state index in [4.69, 9.17) is 30.8 Å². The third-order valence-corrected chi connectivity index (χ3v) is 8.07. The largest absolute Gasteiger partial charge is 0.483 e. The topological polar surface area (TPSA) is 71.3 Å². The number of fused-ring (bicyclic) bond motifs is 1. The van der Waals surface area contributed by atoms with E-state index in [0.29, 0.717) is 5.75 Å². The van der Waals surface area contributed by atoms with Crippen molar-refractivity contribution < 1.29 is 14.2 Å². The summed E-state index contributed by atoms with van der Waals surface area (Å²) >= 11 is 9.48. The Morgan fingerprint density at radius 2 is 1.91 bits per heavy atom. The van der Waals surface area contributed by atoms with Gasteiger partial charge in [-0.15, -0.1) is 21.5 Å². The first-order valence-electron chi connectivity index (χ1n) is 10.7. The van der Waals surface area contributed by atoms with Crippen LogP contribution >= 0.6 is 34.7 Å². The SMILES string of the molecule is Cc1cc(OC(C)c2nnc(SCc3csc(-c4ccc5c(c4)OCO5)n3)n2C)cc(C)c1Cl. The molecule has 10 heteroatoms. The van der Waals surface area contributed by atoms with Crippen molar-refractivity contribution in [3.05, 3.63) is 63.4 Å². The first-order valence-corrected chi connectivity index (χ1v) is 12.9. The predicted octanol–water partition coefficient (Wildman–Crippen LogP) is 6.37. The Kier molecular flexibility index (Phi) is 6.42. The van der Waals surface area contributed by atoms with Crippen LogP contribution < -0.4 is 14.2 Å². The molecule has 0 radical (unpaired) electrons. The monoisotopic (exact) mass is 514 g/mol. The summed E-state index contributed by atoms with van der Waals surface area (Å²) in [5.74, 6) is 3.75. The molecule has 0 spiro atoms. The Morgan fingerprint density at radius 3 is 2.71 bits per heavy atom. The van der Waals surface area contributed by atoms with Crippen LogP contribution in [-0.4, -0.2) is 26.5 Å². The van der Waals surface area contributed by atoms with Crippen LogP contribution in [0.25, 0.3) is 10.6 Å². The molecule has 0 saturated heterocycles. The van der Waals surface area contributed by atoms with Crippen LogP contribution in [0, 0.1) is 13.8 Å². The molecule has 4 aromatic rings. The average Bonchev–Trinajstić information content (AvgIpc) is 3.55. The molecule has 3 heterocycles. The van der Waals surface area contributed by atoms with Crippen molar-refractivity contribution in [2.45, 2.75) is 37.8 Å². The molecule has 1 aliphatic heterocycles. The van der Waals surface area contributed by atoms with Gasteiger partial charge in [0, 0.05) is 28.8 Å². The number of rotatable bonds is 7. The van der Waals surface area contributed by atoms with Gasteiger partial charge in [-0.05, 0) is 62.2 Å². The van der Waals surface area contributed by atoms with Gasteiger partial charge in [0.2, 0.25) is 6.79 Å². The van der Waals surface area contributed by atoms with Gasteiger partial charge in [-0.25, -0.2) is 4.98 Å². The van der Waals surface area contributed by atoms with Gasteiger partial charge >= 0.3 is 0 Å². The number of benzene rings is 2. The van der Waals surface area contributed by atoms with Gasteiger partial charge in [0.15, 0.2) is 28.6 Å². The van der Waals surface area contributed by atoms with Crippen LogP contribution in [0.15, 0.2) is 40.9 Å². The standard InChI is InChI=1S/C24H23ClN4O3S2/c1-13-7-18(8-14(2)21(13)25)32-15(3)22-27-28-24(29(22)4)34-11-17-10-33-23(26-17)16-5-6-19-20(9-16)31-12-30-19/h5-10,15H,11-12H2,1-4H3. The summed E-state index contributed by atoms with van der Waals surface area (Å²) in [6, 6.07) is 9.78. The normalized spacial score (nSPS) is 13.3. The molecule has 5 rings (SSSR count). The lowest BCUT2D eigenvalue weighted by molar-refractivity contribution is 0.174. The molecular weight excluding hydrogens is 492 g/mol. The molecule has 2 aromatic carbocycles. The Morgan fingerprint density at radius 1 is 1.15 bits per heavy atom. The number of thiazole rings is 1. The minimum absolute atomic E-state index is 0.260. The second kappa shape index (κ2) is 9.48. The summed E-state index contributed by atoms with van der Waals surface area (Å²) in [7, 11) is 1.95. The summed E-state index contributed by atoms with van der Waals surface area (Å²) < 4.78 is 19.0. The molecule has 0 amide bonds. The molecule has 0 N–H and O–H groups in total. The van der Waals surface area contributed by atoms with Gasteiger partial charge in [0.1, 0.15) is 10.8 Å². The van der Waals surface area contributed by atoms with E-state index in [0.717, 1.165) is 60.6 Å². The van der Waals surface area contributed by atoms with Crippen molar-refractivity contribution in [3.63, 3.8) is 0 Å². The lowest BCUT2D eigenvalue weighted by atomic mass is 10.1. The zero-order chi connectivity index (χ0) is 23.8. The second-order valence-corrected chi connectivity index (χ2v) is 10.2. The molecule has 2 aromatic heterocycles. The molecule has 1 atom stereocenters. The molecular formula is C24H23ClN4O3S2. The highest BCUT2D eigenvalue weighted by Gasteiger charge is 2.19. The first kappa shape index (κ1) is 23.0. The second-order valence-electron chi connectivity index (χ2n) is 8.03. The Labute approximate surface area is 211 Å². The minimum Gasteiger partial charge on any atom is -0.483 e. The first-order chi connectivity index (χ1) is 16.4. The van der Waals surface area contributed by atoms with E-state index in [-0.39, 0.29) is 12.9 Å². The van der Waals surface area contributed by atoms with E-state index in [1.807, 2.05) is 62.7 Å². The summed E-state index contributed by atoms with van der Waals surface area (Å²) in [5, 5.41) is 13.3. The van der Waals surface area contributed by atoms with Crippen LogP contribution in [0.2, 0.25) is 5.02 Å².